The second-order valence-electron chi connectivity index (χ2n) is 4.35. The summed E-state index contributed by atoms with van der Waals surface area (Å²) in [7, 11) is 0. The van der Waals surface area contributed by atoms with Crippen molar-refractivity contribution in [3.05, 3.63) is 0 Å². The number of hydrogen-bond acceptors (Lipinski definition) is 7. The van der Waals surface area contributed by atoms with Gasteiger partial charge in [-0.1, -0.05) is 0 Å². The first-order chi connectivity index (χ1) is 7.28. The third kappa shape index (κ3) is 2.89. The molecule has 96 valence electrons. The number of ether oxygens (including phenoxy) is 1. The monoisotopic (exact) mass is 237 g/mol. The largest absolute Gasteiger partial charge is 0.394 e. The summed E-state index contributed by atoms with van der Waals surface area (Å²) in [5, 5.41) is 46.8. The Balaban J connectivity index is 2.77. The van der Waals surface area contributed by atoms with Crippen molar-refractivity contribution in [1.82, 2.24) is 0 Å². The van der Waals surface area contributed by atoms with Gasteiger partial charge in [0.05, 0.1) is 18.8 Å². The molecule has 16 heavy (non-hydrogen) atoms. The zero-order valence-electron chi connectivity index (χ0n) is 9.02. The van der Waals surface area contributed by atoms with Gasteiger partial charge in [0.25, 0.3) is 0 Å². The first-order valence-electron chi connectivity index (χ1n) is 5.09. The van der Waals surface area contributed by atoms with Crippen LogP contribution in [-0.4, -0.2) is 68.4 Å². The highest BCUT2D eigenvalue weighted by Gasteiger charge is 2.45. The lowest BCUT2D eigenvalue weighted by Gasteiger charge is -2.43. The number of aliphatic hydroxyl groups excluding tert-OH is 4. The topological polar surface area (TPSA) is 136 Å². The normalized spacial score (nSPS) is 44.1. The Bertz CT molecular complexity index is 236. The molecule has 7 nitrogen and oxygen atoms in total. The average Bonchev–Trinajstić information content (AvgIpc) is 2.20. The number of aliphatic hydroxyl groups is 5. The Kier molecular flexibility index (Phi) is 4.24. The minimum atomic E-state index is -1.61. The quantitative estimate of drug-likeness (QED) is 0.305. The molecule has 1 saturated heterocycles. The molecule has 6 atom stereocenters. The summed E-state index contributed by atoms with van der Waals surface area (Å²) in [4.78, 5) is 0. The summed E-state index contributed by atoms with van der Waals surface area (Å²) >= 11 is 0. The van der Waals surface area contributed by atoms with Crippen LogP contribution < -0.4 is 5.73 Å². The van der Waals surface area contributed by atoms with E-state index in [4.69, 9.17) is 15.6 Å². The van der Waals surface area contributed by atoms with Gasteiger partial charge in [-0.2, -0.15) is 0 Å². The molecule has 0 amide bonds. The Hall–Kier alpha value is -0.280. The minimum Gasteiger partial charge on any atom is -0.394 e. The maximum absolute atomic E-state index is 9.64. The van der Waals surface area contributed by atoms with Crippen LogP contribution in [0.15, 0.2) is 0 Å². The van der Waals surface area contributed by atoms with Gasteiger partial charge in [0.1, 0.15) is 18.3 Å². The zero-order chi connectivity index (χ0) is 12.5. The molecule has 7 N–H and O–H groups in total. The van der Waals surface area contributed by atoms with Gasteiger partial charge in [-0.15, -0.1) is 0 Å². The van der Waals surface area contributed by atoms with Gasteiger partial charge >= 0.3 is 0 Å². The third-order valence-electron chi connectivity index (χ3n) is 2.72. The van der Waals surface area contributed by atoms with E-state index in [1.54, 1.807) is 0 Å². The van der Waals surface area contributed by atoms with E-state index >= 15 is 0 Å². The summed E-state index contributed by atoms with van der Waals surface area (Å²) in [6.07, 6.45) is -5.17. The molecule has 0 saturated carbocycles. The van der Waals surface area contributed by atoms with Gasteiger partial charge in [-0.25, -0.2) is 0 Å². The summed E-state index contributed by atoms with van der Waals surface area (Å²) in [6.45, 7) is 0.666. The molecule has 1 rings (SSSR count). The Morgan fingerprint density at radius 1 is 1.50 bits per heavy atom. The standard InChI is InChI=1S/C9H19NO6/c1-9(15)2-4(12)6(10)8(16-9)7(14)5(13)3-11/h4-8,11-15H,2-3,10H2,1H3/t4?,5-,6-,7-,8-,9-/m1/s1. The van der Waals surface area contributed by atoms with Gasteiger partial charge in [-0.3, -0.25) is 0 Å². The lowest BCUT2D eigenvalue weighted by atomic mass is 9.90. The average molecular weight is 237 g/mol. The highest BCUT2D eigenvalue weighted by atomic mass is 16.6. The van der Waals surface area contributed by atoms with Crippen LogP contribution in [0.2, 0.25) is 0 Å². The van der Waals surface area contributed by atoms with Crippen molar-refractivity contribution in [2.24, 2.45) is 5.73 Å². The van der Waals surface area contributed by atoms with E-state index in [9.17, 15) is 20.4 Å². The smallest absolute Gasteiger partial charge is 0.165 e. The van der Waals surface area contributed by atoms with Gasteiger partial charge < -0.3 is 36.0 Å². The van der Waals surface area contributed by atoms with Gasteiger partial charge in [0, 0.05) is 6.42 Å². The Morgan fingerprint density at radius 3 is 2.56 bits per heavy atom. The predicted molar refractivity (Wildman–Crippen MR) is 53.2 cm³/mol. The van der Waals surface area contributed by atoms with E-state index in [-0.39, 0.29) is 6.42 Å². The fourth-order valence-electron chi connectivity index (χ4n) is 1.79. The van der Waals surface area contributed by atoms with Gasteiger partial charge in [-0.05, 0) is 6.92 Å². The molecule has 0 aromatic heterocycles. The lowest BCUT2D eigenvalue weighted by molar-refractivity contribution is -0.289. The highest BCUT2D eigenvalue weighted by molar-refractivity contribution is 4.95. The van der Waals surface area contributed by atoms with E-state index in [1.165, 1.54) is 6.92 Å². The Labute approximate surface area is 93.1 Å². The van der Waals surface area contributed by atoms with E-state index in [2.05, 4.69) is 0 Å². The van der Waals surface area contributed by atoms with Gasteiger partial charge in [0.2, 0.25) is 0 Å². The summed E-state index contributed by atoms with van der Waals surface area (Å²) < 4.78 is 5.09. The van der Waals surface area contributed by atoms with E-state index in [1.807, 2.05) is 0 Å². The van der Waals surface area contributed by atoms with E-state index in [0.29, 0.717) is 0 Å². The molecular formula is C9H19NO6. The fourth-order valence-corrected chi connectivity index (χ4v) is 1.79. The SMILES string of the molecule is C[C@]1(O)CC(O)[C@@H](N)[C@H]([C@H](O)[C@H](O)CO)O1. The molecule has 1 heterocycles. The summed E-state index contributed by atoms with van der Waals surface area (Å²) in [6, 6.07) is -0.934. The molecule has 0 aromatic rings. The van der Waals surface area contributed by atoms with Crippen LogP contribution in [0.5, 0.6) is 0 Å². The molecule has 7 heteroatoms. The molecule has 0 aliphatic carbocycles. The van der Waals surface area contributed by atoms with Crippen molar-refractivity contribution in [3.8, 4) is 0 Å². The van der Waals surface area contributed by atoms with Crippen molar-refractivity contribution in [1.29, 1.82) is 0 Å². The van der Waals surface area contributed by atoms with Crippen LogP contribution in [0.25, 0.3) is 0 Å². The van der Waals surface area contributed by atoms with Crippen molar-refractivity contribution < 1.29 is 30.3 Å². The second-order valence-corrected chi connectivity index (χ2v) is 4.35. The fraction of sp³-hybridized carbons (Fsp3) is 1.00. The third-order valence-corrected chi connectivity index (χ3v) is 2.72. The summed E-state index contributed by atoms with van der Waals surface area (Å²) in [5.74, 6) is -1.61. The van der Waals surface area contributed by atoms with Crippen molar-refractivity contribution in [2.45, 2.75) is 49.6 Å². The maximum atomic E-state index is 9.64. The predicted octanol–water partition coefficient (Wildman–Crippen LogP) is -3.11. The lowest BCUT2D eigenvalue weighted by Crippen LogP contribution is -2.63. The van der Waals surface area contributed by atoms with Crippen molar-refractivity contribution in [3.63, 3.8) is 0 Å². The molecule has 0 radical (unpaired) electrons. The van der Waals surface area contributed by atoms with Crippen molar-refractivity contribution >= 4 is 0 Å². The number of hydrogen-bond donors (Lipinski definition) is 6. The molecule has 1 unspecified atom stereocenters. The van der Waals surface area contributed by atoms with Crippen LogP contribution >= 0.6 is 0 Å². The van der Waals surface area contributed by atoms with Crippen LogP contribution in [0.4, 0.5) is 0 Å². The van der Waals surface area contributed by atoms with E-state index in [0.717, 1.165) is 0 Å². The molecule has 0 spiro atoms. The highest BCUT2D eigenvalue weighted by Crippen LogP contribution is 2.28. The maximum Gasteiger partial charge on any atom is 0.165 e. The van der Waals surface area contributed by atoms with Crippen LogP contribution in [0.3, 0.4) is 0 Å². The number of nitrogens with two attached hydrogens (primary N) is 1. The Morgan fingerprint density at radius 2 is 2.06 bits per heavy atom. The molecule has 1 aliphatic rings. The minimum absolute atomic E-state index is 0.0768. The zero-order valence-corrected chi connectivity index (χ0v) is 9.02. The first-order valence-corrected chi connectivity index (χ1v) is 5.09. The molecule has 0 aromatic carbocycles. The van der Waals surface area contributed by atoms with Crippen LogP contribution in [0.1, 0.15) is 13.3 Å². The van der Waals surface area contributed by atoms with Gasteiger partial charge in [0.15, 0.2) is 5.79 Å². The molecule has 1 fully saturated rings. The molecule has 1 aliphatic heterocycles. The molecular weight excluding hydrogens is 218 g/mol. The first kappa shape index (κ1) is 13.8. The second kappa shape index (κ2) is 4.92. The van der Waals surface area contributed by atoms with E-state index < -0.39 is 42.9 Å². The van der Waals surface area contributed by atoms with Crippen LogP contribution in [0, 0.1) is 0 Å². The van der Waals surface area contributed by atoms with Crippen LogP contribution in [-0.2, 0) is 4.74 Å². The number of rotatable bonds is 3. The van der Waals surface area contributed by atoms with Crippen molar-refractivity contribution in [2.75, 3.05) is 6.61 Å². The summed E-state index contributed by atoms with van der Waals surface area (Å²) in [5.41, 5.74) is 5.60. The molecule has 0 bridgehead atoms.